The highest BCUT2D eigenvalue weighted by atomic mass is 32.1. The van der Waals surface area contributed by atoms with Crippen LogP contribution in [0.4, 0.5) is 11.5 Å². The molecule has 0 amide bonds. The number of methoxy groups -OCH3 is 1. The van der Waals surface area contributed by atoms with Gasteiger partial charge in [0.1, 0.15) is 17.9 Å². The fourth-order valence-electron chi connectivity index (χ4n) is 3.29. The summed E-state index contributed by atoms with van der Waals surface area (Å²) in [5.41, 5.74) is 3.48. The van der Waals surface area contributed by atoms with Crippen LogP contribution < -0.4 is 19.5 Å². The van der Waals surface area contributed by atoms with E-state index in [1.807, 2.05) is 56.5 Å². The van der Waals surface area contributed by atoms with Gasteiger partial charge in [-0.1, -0.05) is 0 Å². The lowest BCUT2D eigenvalue weighted by Gasteiger charge is -2.15. The van der Waals surface area contributed by atoms with Crippen molar-refractivity contribution in [3.8, 4) is 28.5 Å². The summed E-state index contributed by atoms with van der Waals surface area (Å²) in [5.74, 6) is 2.69. The van der Waals surface area contributed by atoms with Crippen molar-refractivity contribution in [1.82, 2.24) is 15.0 Å². The quantitative estimate of drug-likeness (QED) is 0.384. The number of nitrogens with zero attached hydrogens (tertiary/aromatic N) is 3. The second kappa shape index (κ2) is 9.18. The summed E-state index contributed by atoms with van der Waals surface area (Å²) in [7, 11) is 1.65. The molecule has 8 heteroatoms. The summed E-state index contributed by atoms with van der Waals surface area (Å²) >= 11 is 1.62. The summed E-state index contributed by atoms with van der Waals surface area (Å²) in [5, 5.41) is 7.30. The molecule has 0 atom stereocenters. The van der Waals surface area contributed by atoms with Crippen LogP contribution in [0.5, 0.6) is 17.2 Å². The van der Waals surface area contributed by atoms with Gasteiger partial charge in [-0.05, 0) is 45.0 Å². The van der Waals surface area contributed by atoms with E-state index in [0.717, 1.165) is 32.9 Å². The number of rotatable bonds is 8. The Morgan fingerprint density at radius 3 is 2.42 bits per heavy atom. The number of aromatic nitrogens is 3. The highest BCUT2D eigenvalue weighted by Gasteiger charge is 2.14. The Bertz CT molecular complexity index is 1210. The van der Waals surface area contributed by atoms with Gasteiger partial charge in [0.25, 0.3) is 0 Å². The summed E-state index contributed by atoms with van der Waals surface area (Å²) in [6.07, 6.45) is 1.53. The lowest BCUT2D eigenvalue weighted by molar-refractivity contribution is 0.288. The molecule has 2 aromatic heterocycles. The van der Waals surface area contributed by atoms with Gasteiger partial charge in [0.2, 0.25) is 0 Å². The number of thiazole rings is 1. The molecule has 0 radical (unpaired) electrons. The van der Waals surface area contributed by atoms with Gasteiger partial charge in [-0.2, -0.15) is 0 Å². The summed E-state index contributed by atoms with van der Waals surface area (Å²) in [6.45, 7) is 6.95. The number of benzene rings is 2. The number of aryl methyl sites for hydroxylation is 1. The van der Waals surface area contributed by atoms with Gasteiger partial charge in [0.15, 0.2) is 11.5 Å². The zero-order valence-electron chi connectivity index (χ0n) is 17.9. The monoisotopic (exact) mass is 436 g/mol. The number of fused-ring (bicyclic) bond motifs is 1. The third-order valence-electron chi connectivity index (χ3n) is 4.67. The second-order valence-corrected chi connectivity index (χ2v) is 7.76. The predicted octanol–water partition coefficient (Wildman–Crippen LogP) is 5.61. The molecule has 0 fully saturated rings. The Balaban J connectivity index is 1.78. The minimum Gasteiger partial charge on any atom is -0.495 e. The van der Waals surface area contributed by atoms with Gasteiger partial charge in [0, 0.05) is 22.4 Å². The minimum atomic E-state index is 0.533. The molecule has 2 aromatic carbocycles. The average molecular weight is 437 g/mol. The Labute approximate surface area is 185 Å². The molecule has 0 aliphatic rings. The van der Waals surface area contributed by atoms with Crippen molar-refractivity contribution in [3.63, 3.8) is 0 Å². The van der Waals surface area contributed by atoms with Gasteiger partial charge in [-0.15, -0.1) is 11.3 Å². The lowest BCUT2D eigenvalue weighted by atomic mass is 10.1. The van der Waals surface area contributed by atoms with E-state index in [2.05, 4.69) is 20.3 Å². The molecule has 0 saturated heterocycles. The van der Waals surface area contributed by atoms with Crippen molar-refractivity contribution in [2.45, 2.75) is 20.8 Å². The molecule has 0 bridgehead atoms. The molecule has 4 aromatic rings. The second-order valence-electron chi connectivity index (χ2n) is 6.70. The average Bonchev–Trinajstić information content (AvgIpc) is 3.21. The summed E-state index contributed by atoms with van der Waals surface area (Å²) in [6, 6.07) is 9.72. The van der Waals surface area contributed by atoms with Crippen LogP contribution in [0, 0.1) is 6.92 Å². The minimum absolute atomic E-state index is 0.533. The smallest absolute Gasteiger partial charge is 0.163 e. The number of anilines is 2. The highest BCUT2D eigenvalue weighted by molar-refractivity contribution is 7.09. The Kier molecular flexibility index (Phi) is 6.18. The van der Waals surface area contributed by atoms with Crippen molar-refractivity contribution in [1.29, 1.82) is 0 Å². The van der Waals surface area contributed by atoms with Gasteiger partial charge in [-0.25, -0.2) is 15.0 Å². The van der Waals surface area contributed by atoms with Crippen LogP contribution in [-0.4, -0.2) is 35.3 Å². The largest absolute Gasteiger partial charge is 0.495 e. The Morgan fingerprint density at radius 1 is 0.968 bits per heavy atom. The molecule has 0 unspecified atom stereocenters. The van der Waals surface area contributed by atoms with Crippen LogP contribution in [0.3, 0.4) is 0 Å². The van der Waals surface area contributed by atoms with E-state index >= 15 is 0 Å². The van der Waals surface area contributed by atoms with E-state index in [1.54, 1.807) is 18.4 Å². The zero-order valence-corrected chi connectivity index (χ0v) is 18.7. The standard InChI is InChI=1S/C23H24N4O3S/c1-5-29-21-10-16-17(11-22(21)30-6-2)24-13-25-23(16)27-18-9-15(7-8-20(18)28-4)19-12-31-14(3)26-19/h7-13H,5-6H2,1-4H3,(H,24,25,27). The van der Waals surface area contributed by atoms with Gasteiger partial charge in [-0.3, -0.25) is 0 Å². The Morgan fingerprint density at radius 2 is 1.74 bits per heavy atom. The number of ether oxygens (including phenoxy) is 3. The van der Waals surface area contributed by atoms with Crippen molar-refractivity contribution >= 4 is 33.7 Å². The molecule has 4 rings (SSSR count). The predicted molar refractivity (Wildman–Crippen MR) is 124 cm³/mol. The number of nitrogens with one attached hydrogen (secondary N) is 1. The van der Waals surface area contributed by atoms with Crippen LogP contribution >= 0.6 is 11.3 Å². The van der Waals surface area contributed by atoms with E-state index < -0.39 is 0 Å². The fourth-order valence-corrected chi connectivity index (χ4v) is 3.91. The third kappa shape index (κ3) is 4.39. The Hall–Kier alpha value is -3.39. The zero-order chi connectivity index (χ0) is 21.8. The SMILES string of the molecule is CCOc1cc2ncnc(Nc3cc(-c4csc(C)n4)ccc3OC)c2cc1OCC. The highest BCUT2D eigenvalue weighted by Crippen LogP contribution is 2.37. The molecular weight excluding hydrogens is 412 g/mol. The van der Waals surface area contributed by atoms with Crippen LogP contribution in [0.15, 0.2) is 42.0 Å². The molecule has 0 saturated carbocycles. The molecule has 0 aliphatic carbocycles. The topological polar surface area (TPSA) is 78.4 Å². The van der Waals surface area contributed by atoms with E-state index in [4.69, 9.17) is 14.2 Å². The fraction of sp³-hybridized carbons (Fsp3) is 0.261. The first kappa shape index (κ1) is 20.9. The van der Waals surface area contributed by atoms with Crippen molar-refractivity contribution in [2.75, 3.05) is 25.6 Å². The normalized spacial score (nSPS) is 10.8. The molecule has 7 nitrogen and oxygen atoms in total. The first-order chi connectivity index (χ1) is 15.1. The molecule has 1 N–H and O–H groups in total. The number of hydrogen-bond donors (Lipinski definition) is 1. The molecule has 0 aliphatic heterocycles. The summed E-state index contributed by atoms with van der Waals surface area (Å²) < 4.78 is 17.1. The van der Waals surface area contributed by atoms with Crippen molar-refractivity contribution in [3.05, 3.63) is 47.0 Å². The van der Waals surface area contributed by atoms with Gasteiger partial charge < -0.3 is 19.5 Å². The lowest BCUT2D eigenvalue weighted by Crippen LogP contribution is -2.02. The maximum Gasteiger partial charge on any atom is 0.163 e. The van der Waals surface area contributed by atoms with E-state index in [-0.39, 0.29) is 0 Å². The molecule has 0 spiro atoms. The van der Waals surface area contributed by atoms with Crippen LogP contribution in [0.25, 0.3) is 22.2 Å². The van der Waals surface area contributed by atoms with E-state index in [9.17, 15) is 0 Å². The van der Waals surface area contributed by atoms with Crippen LogP contribution in [-0.2, 0) is 0 Å². The van der Waals surface area contributed by atoms with Crippen LogP contribution in [0.1, 0.15) is 18.9 Å². The van der Waals surface area contributed by atoms with E-state index in [1.165, 1.54) is 6.33 Å². The van der Waals surface area contributed by atoms with Crippen molar-refractivity contribution in [2.24, 2.45) is 0 Å². The van der Waals surface area contributed by atoms with E-state index in [0.29, 0.717) is 36.3 Å². The molecular formula is C23H24N4O3S. The maximum absolute atomic E-state index is 5.79. The third-order valence-corrected chi connectivity index (χ3v) is 5.44. The molecule has 160 valence electrons. The first-order valence-electron chi connectivity index (χ1n) is 10.0. The molecule has 31 heavy (non-hydrogen) atoms. The number of hydrogen-bond acceptors (Lipinski definition) is 8. The van der Waals surface area contributed by atoms with Crippen LogP contribution in [0.2, 0.25) is 0 Å². The van der Waals surface area contributed by atoms with Gasteiger partial charge >= 0.3 is 0 Å². The van der Waals surface area contributed by atoms with Crippen molar-refractivity contribution < 1.29 is 14.2 Å². The van der Waals surface area contributed by atoms with Gasteiger partial charge in [0.05, 0.1) is 42.2 Å². The maximum atomic E-state index is 5.79. The summed E-state index contributed by atoms with van der Waals surface area (Å²) in [4.78, 5) is 13.5. The first-order valence-corrected chi connectivity index (χ1v) is 10.9. The molecule has 2 heterocycles.